The summed E-state index contributed by atoms with van der Waals surface area (Å²) in [6, 6.07) is 75.9. The Morgan fingerprint density at radius 1 is 0.525 bits per heavy atom. The van der Waals surface area contributed by atoms with E-state index in [0.717, 1.165) is 5.69 Å². The minimum Gasteiger partial charge on any atom is -0.313 e. The van der Waals surface area contributed by atoms with Gasteiger partial charge in [-0.2, -0.15) is 0 Å². The first-order valence-corrected chi connectivity index (χ1v) is 21.9. The summed E-state index contributed by atoms with van der Waals surface area (Å²) in [6.07, 6.45) is 6.82. The average Bonchev–Trinajstić information content (AvgIpc) is 3.85. The van der Waals surface area contributed by atoms with Crippen LogP contribution in [-0.4, -0.2) is 0 Å². The quantitative estimate of drug-likeness (QED) is 0.145. The number of hydrogen-bond acceptors (Lipinski definition) is 2. The number of nitrogens with zero attached hydrogens (tertiary/aromatic N) is 1. The molecule has 61 heavy (non-hydrogen) atoms. The normalized spacial score (nSPS) is 13.8. The van der Waals surface area contributed by atoms with E-state index in [2.05, 4.69) is 243 Å². The van der Waals surface area contributed by atoms with Gasteiger partial charge in [-0.15, -0.1) is 11.3 Å². The number of hydrogen-bond donors (Lipinski definition) is 0. The second kappa shape index (κ2) is 15.1. The lowest BCUT2D eigenvalue weighted by Gasteiger charge is -2.33. The smallest absolute Gasteiger partial charge is 0.0713 e. The summed E-state index contributed by atoms with van der Waals surface area (Å²) in [5.41, 5.74) is 13.3. The standard InChI is InChI=1S/C59H43NS/c1-3-42-18-10-12-26-48(42)40(2)60(55-31-17-20-43-19-11-13-27-49(43)55)47-35-37-51-50-36-33-41(38-56(50)61-57(51)39-47)32-34-44-21-16-30-54-58(44)52-28-14-15-29-53(52)59(54,45-22-6-4-7-23-45)46-24-8-5-9-25-46/h3-39H,1-2H3/b34-32+,42-3-,48-40+. The molecule has 0 saturated carbocycles. The number of benzene rings is 9. The Morgan fingerprint density at radius 3 is 1.97 bits per heavy atom. The molecule has 0 fully saturated rings. The van der Waals surface area contributed by atoms with Crippen LogP contribution in [-0.2, 0) is 5.41 Å². The van der Waals surface area contributed by atoms with E-state index in [4.69, 9.17) is 0 Å². The minimum atomic E-state index is -0.412. The molecule has 1 nitrogen and oxygen atoms in total. The van der Waals surface area contributed by atoms with E-state index in [-0.39, 0.29) is 0 Å². The van der Waals surface area contributed by atoms with Crippen LogP contribution in [0.4, 0.5) is 11.4 Å². The van der Waals surface area contributed by atoms with Crippen LogP contribution in [0.15, 0.2) is 206 Å². The van der Waals surface area contributed by atoms with Crippen molar-refractivity contribution in [3.8, 4) is 11.1 Å². The van der Waals surface area contributed by atoms with E-state index in [1.807, 2.05) is 11.3 Å². The van der Waals surface area contributed by atoms with Crippen LogP contribution >= 0.6 is 11.3 Å². The SMILES string of the molecule is C/C=c1/cccc/c1=C(/C)N(c1ccc2c(c1)sc1cc(/C=C/c3cccc4c3-c3ccccc3C4(c3ccccc3)c3ccccc3)ccc12)c1cccc2ccccc12. The molecule has 0 radical (unpaired) electrons. The molecule has 1 aliphatic rings. The third-order valence-corrected chi connectivity index (χ3v) is 13.8. The molecule has 0 saturated heterocycles. The molecule has 1 aliphatic carbocycles. The number of thiophene rings is 1. The van der Waals surface area contributed by atoms with E-state index in [9.17, 15) is 0 Å². The Bertz CT molecular complexity index is 3400. The molecule has 0 unspecified atom stereocenters. The maximum Gasteiger partial charge on any atom is 0.0713 e. The lowest BCUT2D eigenvalue weighted by molar-refractivity contribution is 0.768. The van der Waals surface area contributed by atoms with Gasteiger partial charge in [-0.05, 0) is 93.2 Å². The van der Waals surface area contributed by atoms with Crippen molar-refractivity contribution in [2.45, 2.75) is 19.3 Å². The van der Waals surface area contributed by atoms with Crippen molar-refractivity contribution in [3.05, 3.63) is 250 Å². The summed E-state index contributed by atoms with van der Waals surface area (Å²) in [5, 5.41) is 7.49. The molecule has 1 heterocycles. The minimum absolute atomic E-state index is 0.412. The molecule has 9 aromatic carbocycles. The van der Waals surface area contributed by atoms with Gasteiger partial charge in [0.15, 0.2) is 0 Å². The third-order valence-electron chi connectivity index (χ3n) is 12.7. The fraction of sp³-hybridized carbons (Fsp3) is 0.0508. The Morgan fingerprint density at radius 2 is 1.16 bits per heavy atom. The van der Waals surface area contributed by atoms with E-state index in [1.165, 1.54) is 97.3 Å². The monoisotopic (exact) mass is 797 g/mol. The predicted octanol–water partition coefficient (Wildman–Crippen LogP) is 14.5. The zero-order chi connectivity index (χ0) is 40.9. The summed E-state index contributed by atoms with van der Waals surface area (Å²) >= 11 is 1.87. The molecule has 0 spiro atoms. The summed E-state index contributed by atoms with van der Waals surface area (Å²) in [5.74, 6) is 0. The molecule has 11 rings (SSSR count). The summed E-state index contributed by atoms with van der Waals surface area (Å²) in [4.78, 5) is 2.45. The first-order chi connectivity index (χ1) is 30.1. The van der Waals surface area contributed by atoms with Crippen LogP contribution in [0.5, 0.6) is 0 Å². The molecule has 2 heteroatoms. The van der Waals surface area contributed by atoms with Crippen LogP contribution in [0.25, 0.3) is 66.0 Å². The molecule has 0 amide bonds. The zero-order valence-corrected chi connectivity index (χ0v) is 35.0. The van der Waals surface area contributed by atoms with Gasteiger partial charge in [0, 0.05) is 42.2 Å². The fourth-order valence-corrected chi connectivity index (χ4v) is 11.2. The van der Waals surface area contributed by atoms with Gasteiger partial charge in [-0.3, -0.25) is 0 Å². The van der Waals surface area contributed by atoms with Gasteiger partial charge >= 0.3 is 0 Å². The van der Waals surface area contributed by atoms with Crippen molar-refractivity contribution in [1.82, 2.24) is 0 Å². The topological polar surface area (TPSA) is 3.24 Å². The lowest BCUT2D eigenvalue weighted by Crippen LogP contribution is -2.31. The van der Waals surface area contributed by atoms with Crippen molar-refractivity contribution in [1.29, 1.82) is 0 Å². The molecule has 10 aromatic rings. The van der Waals surface area contributed by atoms with Crippen LogP contribution in [0.3, 0.4) is 0 Å². The van der Waals surface area contributed by atoms with Crippen molar-refractivity contribution >= 4 is 77.6 Å². The Kier molecular flexibility index (Phi) is 9.10. The summed E-state index contributed by atoms with van der Waals surface area (Å²) in [6.45, 7) is 4.37. The summed E-state index contributed by atoms with van der Waals surface area (Å²) < 4.78 is 2.56. The average molecular weight is 798 g/mol. The largest absolute Gasteiger partial charge is 0.313 e. The molecule has 0 atom stereocenters. The van der Waals surface area contributed by atoms with Gasteiger partial charge in [0.25, 0.3) is 0 Å². The van der Waals surface area contributed by atoms with Crippen molar-refractivity contribution in [3.63, 3.8) is 0 Å². The van der Waals surface area contributed by atoms with Crippen molar-refractivity contribution < 1.29 is 0 Å². The molecule has 1 aromatic heterocycles. The van der Waals surface area contributed by atoms with Gasteiger partial charge in [0.2, 0.25) is 0 Å². The molecule has 0 bridgehead atoms. The molecular formula is C59H43NS. The van der Waals surface area contributed by atoms with Crippen molar-refractivity contribution in [2.24, 2.45) is 0 Å². The zero-order valence-electron chi connectivity index (χ0n) is 34.2. The number of fused-ring (bicyclic) bond motifs is 7. The maximum absolute atomic E-state index is 2.45. The maximum atomic E-state index is 2.45. The van der Waals surface area contributed by atoms with Crippen LogP contribution in [0, 0.1) is 0 Å². The van der Waals surface area contributed by atoms with E-state index in [0.29, 0.717) is 0 Å². The fourth-order valence-electron chi connectivity index (χ4n) is 9.99. The van der Waals surface area contributed by atoms with Gasteiger partial charge < -0.3 is 4.90 Å². The Labute approximate surface area is 361 Å². The highest BCUT2D eigenvalue weighted by atomic mass is 32.1. The number of anilines is 2. The highest BCUT2D eigenvalue weighted by molar-refractivity contribution is 7.25. The van der Waals surface area contributed by atoms with E-state index >= 15 is 0 Å². The second-order valence-corrected chi connectivity index (χ2v) is 17.0. The molecule has 0 N–H and O–H groups in total. The van der Waals surface area contributed by atoms with E-state index in [1.54, 1.807) is 0 Å². The highest BCUT2D eigenvalue weighted by Gasteiger charge is 2.46. The summed E-state index contributed by atoms with van der Waals surface area (Å²) in [7, 11) is 0. The van der Waals surface area contributed by atoms with Crippen LogP contribution < -0.4 is 15.3 Å². The number of rotatable bonds is 7. The van der Waals surface area contributed by atoms with Crippen molar-refractivity contribution in [2.75, 3.05) is 4.90 Å². The highest BCUT2D eigenvalue weighted by Crippen LogP contribution is 2.57. The lowest BCUT2D eigenvalue weighted by atomic mass is 9.67. The Balaban J connectivity index is 1.02. The van der Waals surface area contributed by atoms with Crippen LogP contribution in [0.2, 0.25) is 0 Å². The molecular weight excluding hydrogens is 755 g/mol. The second-order valence-electron chi connectivity index (χ2n) is 16.0. The van der Waals surface area contributed by atoms with Gasteiger partial charge in [0.1, 0.15) is 0 Å². The third kappa shape index (κ3) is 5.98. The predicted molar refractivity (Wildman–Crippen MR) is 263 cm³/mol. The molecule has 290 valence electrons. The van der Waals surface area contributed by atoms with Gasteiger partial charge in [-0.1, -0.05) is 200 Å². The first kappa shape index (κ1) is 36.8. The van der Waals surface area contributed by atoms with Crippen LogP contribution in [0.1, 0.15) is 47.2 Å². The van der Waals surface area contributed by atoms with Gasteiger partial charge in [-0.25, -0.2) is 0 Å². The first-order valence-electron chi connectivity index (χ1n) is 21.1. The van der Waals surface area contributed by atoms with E-state index < -0.39 is 5.41 Å². The molecule has 0 aliphatic heterocycles. The van der Waals surface area contributed by atoms with Gasteiger partial charge in [0.05, 0.1) is 11.1 Å². The Hall–Kier alpha value is -7.26.